The number of aromatic hydroxyl groups is 1. The number of imidazole rings is 1. The Morgan fingerprint density at radius 2 is 1.13 bits per heavy atom. The number of aromatic nitrogens is 3. The number of benzene rings is 6. The van der Waals surface area contributed by atoms with Crippen molar-refractivity contribution in [1.29, 1.82) is 0 Å². The second-order valence-electron chi connectivity index (χ2n) is 22.7. The van der Waals surface area contributed by atoms with Gasteiger partial charge in [0.05, 0.1) is 25.0 Å². The van der Waals surface area contributed by atoms with Crippen LogP contribution in [-0.4, -0.2) is 19.6 Å². The first-order valence-electron chi connectivity index (χ1n) is 33.6. The SMILES string of the molecule is [2H]c1c(-c2nc3c(-c4[c-]c(-c5cc(-c6ccc(C(C)(C)C)cc6)ccn5)cc(C(C)(C)C)c4)cccc3n2-c2c(-c3ccccc3)cc(C(C)(C)C)cc2C(C)(C)C)c(O)c(C(C([2H])([2H])[2H])(C([2H])([2H])[2H])C([2H])([2H])[2H])c([2H])c1C(C([2H])([2H])[2H])(C([2H])([2H])[2H])C([2H])([2H])[2H].[Pt]. The van der Waals surface area contributed by atoms with Crippen molar-refractivity contribution < 1.29 is 53.6 Å². The number of pyridine rings is 1. The molecule has 1 N–H and O–H groups in total. The fourth-order valence-electron chi connectivity index (χ4n) is 8.78. The first-order valence-corrected chi connectivity index (χ1v) is 23.6. The van der Waals surface area contributed by atoms with Gasteiger partial charge in [0.1, 0.15) is 11.6 Å². The smallest absolute Gasteiger partial charge is 0.148 e. The Bertz CT molecular complexity index is 3900. The maximum absolute atomic E-state index is 13.4. The molecule has 0 unspecified atom stereocenters. The molecule has 5 heteroatoms. The van der Waals surface area contributed by atoms with Crippen molar-refractivity contribution in [3.05, 3.63) is 167 Å². The second kappa shape index (κ2) is 18.8. The normalized spacial score (nSPS) is 18.1. The van der Waals surface area contributed by atoms with Gasteiger partial charge in [-0.2, -0.15) is 0 Å². The third-order valence-corrected chi connectivity index (χ3v) is 12.9. The summed E-state index contributed by atoms with van der Waals surface area (Å²) < 4.78 is 182. The number of para-hydroxylation sites is 1. The van der Waals surface area contributed by atoms with Gasteiger partial charge in [0.15, 0.2) is 0 Å². The fraction of sp³-hybridized carbons (Fsp3) is 0.364. The fourth-order valence-corrected chi connectivity index (χ4v) is 8.78. The van der Waals surface area contributed by atoms with Crippen molar-refractivity contribution in [1.82, 2.24) is 14.5 Å². The Hall–Kier alpha value is -5.57. The number of hydrogen-bond acceptors (Lipinski definition) is 3. The molecule has 0 aliphatic carbocycles. The Labute approximate surface area is 468 Å². The van der Waals surface area contributed by atoms with Crippen molar-refractivity contribution >= 4 is 11.0 Å². The largest absolute Gasteiger partial charge is 0.507 e. The summed E-state index contributed by atoms with van der Waals surface area (Å²) in [4.78, 5) is 10.1. The van der Waals surface area contributed by atoms with Gasteiger partial charge in [0.2, 0.25) is 0 Å². The van der Waals surface area contributed by atoms with E-state index >= 15 is 0 Å². The molecule has 0 bridgehead atoms. The van der Waals surface area contributed by atoms with E-state index in [2.05, 4.69) is 39.0 Å². The molecular formula is C66H76N3OPt-. The van der Waals surface area contributed by atoms with E-state index in [0.717, 1.165) is 27.8 Å². The first kappa shape index (κ1) is 32.5. The van der Waals surface area contributed by atoms with Crippen LogP contribution in [0.3, 0.4) is 0 Å². The van der Waals surface area contributed by atoms with E-state index in [1.54, 1.807) is 42.6 Å². The molecule has 2 heterocycles. The maximum Gasteiger partial charge on any atom is 0.148 e. The Kier molecular flexibility index (Phi) is 8.60. The predicted molar refractivity (Wildman–Crippen MR) is 299 cm³/mol. The molecule has 8 rings (SSSR count). The van der Waals surface area contributed by atoms with Crippen molar-refractivity contribution in [3.63, 3.8) is 0 Å². The third-order valence-electron chi connectivity index (χ3n) is 12.9. The van der Waals surface area contributed by atoms with Crippen LogP contribution in [0.5, 0.6) is 5.75 Å². The summed E-state index contributed by atoms with van der Waals surface area (Å²) in [5.41, 5.74) is -7.24. The zero-order valence-electron chi connectivity index (χ0n) is 62.6. The van der Waals surface area contributed by atoms with Gasteiger partial charge in [-0.05, 0) is 95.7 Å². The molecule has 8 aromatic rings. The van der Waals surface area contributed by atoms with Crippen LogP contribution in [0.2, 0.25) is 0 Å². The van der Waals surface area contributed by atoms with Gasteiger partial charge >= 0.3 is 0 Å². The van der Waals surface area contributed by atoms with Crippen molar-refractivity contribution in [3.8, 4) is 67.5 Å². The van der Waals surface area contributed by atoms with Gasteiger partial charge in [-0.15, -0.1) is 29.3 Å². The van der Waals surface area contributed by atoms with Crippen LogP contribution < -0.4 is 0 Å². The predicted octanol–water partition coefficient (Wildman–Crippen LogP) is 18.0. The molecule has 0 radical (unpaired) electrons. The van der Waals surface area contributed by atoms with Gasteiger partial charge in [-0.1, -0.05) is 220 Å². The maximum atomic E-state index is 13.4. The Balaban J connectivity index is 0.0000118. The monoisotopic (exact) mass is 1140 g/mol. The summed E-state index contributed by atoms with van der Waals surface area (Å²) in [6, 6.07) is 34.1. The van der Waals surface area contributed by atoms with E-state index in [-0.39, 0.29) is 43.2 Å². The number of nitrogens with zero attached hydrogens (tertiary/aromatic N) is 3. The Morgan fingerprint density at radius 1 is 0.507 bits per heavy atom. The zero-order valence-corrected chi connectivity index (χ0v) is 44.8. The van der Waals surface area contributed by atoms with Gasteiger partial charge in [0, 0.05) is 68.8 Å². The molecule has 0 spiro atoms. The van der Waals surface area contributed by atoms with E-state index in [0.29, 0.717) is 39.1 Å². The van der Waals surface area contributed by atoms with Crippen LogP contribution in [0, 0.1) is 6.07 Å². The standard InChI is InChI=1S/C66H76N3O.Pt/c1-61(2,3)46-29-27-41(28-30-46)43-31-32-67-55(36-43)45-33-44(34-47(35-45)62(4,5)6)50-25-22-26-56-57(50)68-60(52-38-49(64(10,11)12)40-54(59(52)70)66(16,17)18)69(56)58-51(42-23-20-19-21-24-42)37-48(63(7,8)9)39-53(58)65(13,14)15;/h19-32,34-40,70H,1-18H3;/q-1;/i10D3,11D3,12D3,16D3,17D3,18D3,38D,40D;. The van der Waals surface area contributed by atoms with Gasteiger partial charge in [-0.3, -0.25) is 9.55 Å². The average Bonchev–Trinajstić information content (AvgIpc) is 1.29. The number of fused-ring (bicyclic) bond motifs is 1. The van der Waals surface area contributed by atoms with Gasteiger partial charge < -0.3 is 5.11 Å². The summed E-state index contributed by atoms with van der Waals surface area (Å²) in [6.45, 7) is -1.75. The van der Waals surface area contributed by atoms with E-state index < -0.39 is 109 Å². The zero-order chi connectivity index (χ0) is 67.8. The molecule has 6 aromatic carbocycles. The first-order chi connectivity index (χ1) is 40.8. The minimum Gasteiger partial charge on any atom is -0.507 e. The molecular weight excluding hydrogens is 1050 g/mol. The molecule has 0 amide bonds. The molecule has 2 aromatic heterocycles. The summed E-state index contributed by atoms with van der Waals surface area (Å²) in [5.74, 6) is -2.35. The number of rotatable bonds is 6. The Morgan fingerprint density at radius 3 is 1.73 bits per heavy atom. The average molecular weight is 1140 g/mol. The van der Waals surface area contributed by atoms with E-state index in [1.165, 1.54) is 4.57 Å². The number of phenols is 1. The quantitative estimate of drug-likeness (QED) is 0.169. The van der Waals surface area contributed by atoms with Gasteiger partial charge in [0.25, 0.3) is 0 Å². The van der Waals surface area contributed by atoms with Crippen LogP contribution in [0.1, 0.15) is 185 Å². The molecule has 71 heavy (non-hydrogen) atoms. The molecule has 0 aliphatic heterocycles. The molecule has 0 saturated carbocycles. The van der Waals surface area contributed by atoms with Crippen LogP contribution in [0.4, 0.5) is 0 Å². The van der Waals surface area contributed by atoms with Crippen LogP contribution in [-0.2, 0) is 53.6 Å². The van der Waals surface area contributed by atoms with E-state index in [9.17, 15) is 7.85 Å². The van der Waals surface area contributed by atoms with Crippen LogP contribution in [0.25, 0.3) is 72.7 Å². The molecule has 0 aliphatic rings. The summed E-state index contributed by atoms with van der Waals surface area (Å²) in [5, 5.41) is 13.4. The molecule has 0 saturated heterocycles. The molecule has 4 nitrogen and oxygen atoms in total. The van der Waals surface area contributed by atoms with Gasteiger partial charge in [-0.25, -0.2) is 4.98 Å². The summed E-state index contributed by atoms with van der Waals surface area (Å²) in [7, 11) is 0. The van der Waals surface area contributed by atoms with Crippen LogP contribution >= 0.6 is 0 Å². The second-order valence-corrected chi connectivity index (χ2v) is 22.7. The number of phenolic OH excluding ortho intramolecular Hbond substituents is 1. The molecule has 372 valence electrons. The van der Waals surface area contributed by atoms with Crippen molar-refractivity contribution in [2.75, 3.05) is 0 Å². The number of hydrogen-bond donors (Lipinski definition) is 1. The van der Waals surface area contributed by atoms with Crippen molar-refractivity contribution in [2.45, 2.75) is 157 Å². The minimum atomic E-state index is -4.45. The van der Waals surface area contributed by atoms with Crippen molar-refractivity contribution in [2.24, 2.45) is 0 Å². The topological polar surface area (TPSA) is 50.9 Å². The molecule has 0 atom stereocenters. The summed E-state index contributed by atoms with van der Waals surface area (Å²) >= 11 is 0. The minimum absolute atomic E-state index is 0. The van der Waals surface area contributed by atoms with E-state index in [1.807, 2.05) is 123 Å². The molecule has 0 fully saturated rings. The van der Waals surface area contributed by atoms with Crippen LogP contribution in [0.15, 0.2) is 127 Å². The summed E-state index contributed by atoms with van der Waals surface area (Å²) in [6.07, 6.45) is 1.70. The third kappa shape index (κ3) is 10.8. The van der Waals surface area contributed by atoms with E-state index in [4.69, 9.17) is 34.6 Å².